The third-order valence-corrected chi connectivity index (χ3v) is 5.57. The average Bonchev–Trinajstić information content (AvgIpc) is 3.52. The monoisotopic (exact) mass is 449 g/mol. The van der Waals surface area contributed by atoms with Crippen molar-refractivity contribution in [2.24, 2.45) is 0 Å². The summed E-state index contributed by atoms with van der Waals surface area (Å²) in [5.74, 6) is 1.40. The highest BCUT2D eigenvalue weighted by atomic mass is 32.1. The second kappa shape index (κ2) is 7.78. The molecule has 0 saturated heterocycles. The number of nitro benzene ring substituents is 1. The van der Waals surface area contributed by atoms with Crippen LogP contribution in [0.3, 0.4) is 0 Å². The number of anilines is 1. The fourth-order valence-electron chi connectivity index (χ4n) is 3.21. The van der Waals surface area contributed by atoms with Crippen molar-refractivity contribution in [1.29, 1.82) is 0 Å². The molecule has 3 heterocycles. The molecule has 10 nitrogen and oxygen atoms in total. The van der Waals surface area contributed by atoms with E-state index in [9.17, 15) is 14.9 Å². The first-order chi connectivity index (χ1) is 15.5. The molecule has 0 bridgehead atoms. The van der Waals surface area contributed by atoms with E-state index in [1.165, 1.54) is 35.6 Å². The van der Waals surface area contributed by atoms with Gasteiger partial charge in [0.25, 0.3) is 11.6 Å². The maximum absolute atomic E-state index is 12.7. The molecular formula is C21H15N5O5S. The number of hydrogen-bond acceptors (Lipinski definition) is 8. The van der Waals surface area contributed by atoms with Gasteiger partial charge < -0.3 is 14.8 Å². The third kappa shape index (κ3) is 3.65. The predicted octanol–water partition coefficient (Wildman–Crippen LogP) is 4.19. The number of carbonyl (C=O) groups is 1. The highest BCUT2D eigenvalue weighted by Crippen LogP contribution is 2.36. The summed E-state index contributed by atoms with van der Waals surface area (Å²) >= 11 is 1.38. The molecule has 4 aromatic rings. The SMILES string of the molecule is Cc1cc(NC(=O)c2ccc([N+](=O)[O-])cc2)n(-c2nc(-c3ccc4c(c3)OCO4)cs2)n1. The Morgan fingerprint density at radius 3 is 2.72 bits per heavy atom. The van der Waals surface area contributed by atoms with E-state index in [0.717, 1.165) is 11.3 Å². The number of fused-ring (bicyclic) bond motifs is 1. The molecule has 2 aromatic carbocycles. The van der Waals surface area contributed by atoms with Crippen molar-refractivity contribution >= 4 is 28.7 Å². The molecular weight excluding hydrogens is 434 g/mol. The summed E-state index contributed by atoms with van der Waals surface area (Å²) in [6.07, 6.45) is 0. The Hall–Kier alpha value is -4.25. The minimum atomic E-state index is -0.514. The number of hydrogen-bond donors (Lipinski definition) is 1. The second-order valence-electron chi connectivity index (χ2n) is 6.92. The lowest BCUT2D eigenvalue weighted by Gasteiger charge is -2.06. The van der Waals surface area contributed by atoms with Crippen molar-refractivity contribution in [3.8, 4) is 27.9 Å². The quantitative estimate of drug-likeness (QED) is 0.358. The van der Waals surface area contributed by atoms with Crippen LogP contribution in [0.2, 0.25) is 0 Å². The molecule has 0 spiro atoms. The number of carbonyl (C=O) groups excluding carboxylic acids is 1. The first-order valence-corrected chi connectivity index (χ1v) is 10.3. The number of nitrogens with zero attached hydrogens (tertiary/aromatic N) is 4. The van der Waals surface area contributed by atoms with E-state index in [1.807, 2.05) is 30.5 Å². The van der Waals surface area contributed by atoms with Gasteiger partial charge in [0.2, 0.25) is 11.9 Å². The highest BCUT2D eigenvalue weighted by Gasteiger charge is 2.18. The molecule has 11 heteroatoms. The van der Waals surface area contributed by atoms with Crippen molar-refractivity contribution in [3.63, 3.8) is 0 Å². The van der Waals surface area contributed by atoms with Gasteiger partial charge in [0.05, 0.1) is 16.3 Å². The molecule has 1 aliphatic rings. The van der Waals surface area contributed by atoms with E-state index < -0.39 is 10.8 Å². The van der Waals surface area contributed by atoms with Crippen LogP contribution in [0, 0.1) is 17.0 Å². The summed E-state index contributed by atoms with van der Waals surface area (Å²) in [4.78, 5) is 27.6. The van der Waals surface area contributed by atoms with Crippen molar-refractivity contribution in [2.45, 2.75) is 6.92 Å². The molecule has 0 aliphatic carbocycles. The Balaban J connectivity index is 1.40. The van der Waals surface area contributed by atoms with E-state index >= 15 is 0 Å². The number of aryl methyl sites for hydroxylation is 1. The summed E-state index contributed by atoms with van der Waals surface area (Å²) in [7, 11) is 0. The standard InChI is InChI=1S/C21H15N5O5S/c1-12-8-19(23-20(27)13-2-5-15(6-3-13)26(28)29)25(24-12)21-22-16(10-32-21)14-4-7-17-18(9-14)31-11-30-17/h2-10H,11H2,1H3,(H,23,27). The molecule has 1 amide bonds. The van der Waals surface area contributed by atoms with E-state index in [-0.39, 0.29) is 12.5 Å². The van der Waals surface area contributed by atoms with Gasteiger partial charge in [0, 0.05) is 34.7 Å². The summed E-state index contributed by atoms with van der Waals surface area (Å²) < 4.78 is 12.3. The van der Waals surface area contributed by atoms with Crippen LogP contribution in [0.4, 0.5) is 11.5 Å². The lowest BCUT2D eigenvalue weighted by atomic mass is 10.1. The van der Waals surface area contributed by atoms with Crippen molar-refractivity contribution in [1.82, 2.24) is 14.8 Å². The smallest absolute Gasteiger partial charge is 0.269 e. The predicted molar refractivity (Wildman–Crippen MR) is 117 cm³/mol. The molecule has 32 heavy (non-hydrogen) atoms. The number of benzene rings is 2. The Morgan fingerprint density at radius 1 is 1.16 bits per heavy atom. The van der Waals surface area contributed by atoms with Crippen molar-refractivity contribution < 1.29 is 19.2 Å². The van der Waals surface area contributed by atoms with Crippen LogP contribution in [-0.2, 0) is 0 Å². The molecule has 1 N–H and O–H groups in total. The topological polar surface area (TPSA) is 121 Å². The zero-order valence-corrected chi connectivity index (χ0v) is 17.5. The second-order valence-corrected chi connectivity index (χ2v) is 7.76. The van der Waals surface area contributed by atoms with Gasteiger partial charge in [-0.3, -0.25) is 14.9 Å². The summed E-state index contributed by atoms with van der Waals surface area (Å²) in [6.45, 7) is 2.01. The van der Waals surface area contributed by atoms with Crippen LogP contribution in [0.1, 0.15) is 16.1 Å². The number of nitro groups is 1. The zero-order valence-electron chi connectivity index (χ0n) is 16.6. The fourth-order valence-corrected chi connectivity index (χ4v) is 4.00. The minimum Gasteiger partial charge on any atom is -0.454 e. The third-order valence-electron chi connectivity index (χ3n) is 4.76. The first-order valence-electron chi connectivity index (χ1n) is 9.46. The van der Waals surface area contributed by atoms with Gasteiger partial charge in [-0.1, -0.05) is 0 Å². The Morgan fingerprint density at radius 2 is 1.94 bits per heavy atom. The van der Waals surface area contributed by atoms with Crippen LogP contribution in [0.15, 0.2) is 53.9 Å². The number of ether oxygens (including phenoxy) is 2. The van der Waals surface area contributed by atoms with E-state index in [2.05, 4.69) is 15.4 Å². The zero-order chi connectivity index (χ0) is 22.2. The summed E-state index contributed by atoms with van der Waals surface area (Å²) in [5.41, 5.74) is 2.52. The summed E-state index contributed by atoms with van der Waals surface area (Å²) in [6, 6.07) is 12.7. The Kier molecular flexibility index (Phi) is 4.79. The number of non-ortho nitro benzene ring substituents is 1. The lowest BCUT2D eigenvalue weighted by Crippen LogP contribution is -2.15. The maximum Gasteiger partial charge on any atom is 0.269 e. The van der Waals surface area contributed by atoms with Gasteiger partial charge in [-0.05, 0) is 37.3 Å². The van der Waals surface area contributed by atoms with Crippen LogP contribution < -0.4 is 14.8 Å². The van der Waals surface area contributed by atoms with Crippen LogP contribution in [-0.4, -0.2) is 32.4 Å². The van der Waals surface area contributed by atoms with Crippen LogP contribution in [0.25, 0.3) is 16.4 Å². The van der Waals surface area contributed by atoms with E-state index in [1.54, 1.807) is 10.7 Å². The Labute approximate surface area is 185 Å². The molecule has 160 valence electrons. The van der Waals surface area contributed by atoms with Crippen LogP contribution >= 0.6 is 11.3 Å². The Bertz CT molecular complexity index is 1350. The molecule has 0 fully saturated rings. The largest absolute Gasteiger partial charge is 0.454 e. The van der Waals surface area contributed by atoms with Gasteiger partial charge in [-0.15, -0.1) is 11.3 Å². The van der Waals surface area contributed by atoms with Gasteiger partial charge in [-0.25, -0.2) is 4.98 Å². The first kappa shape index (κ1) is 19.7. The molecule has 5 rings (SSSR count). The van der Waals surface area contributed by atoms with Crippen molar-refractivity contribution in [3.05, 3.63) is 75.3 Å². The molecule has 1 aliphatic heterocycles. The number of thiazole rings is 1. The summed E-state index contributed by atoms with van der Waals surface area (Å²) in [5, 5.41) is 20.5. The van der Waals surface area contributed by atoms with Gasteiger partial charge in [0.1, 0.15) is 5.82 Å². The molecule has 0 radical (unpaired) electrons. The number of rotatable bonds is 5. The molecule has 0 saturated carbocycles. The number of nitrogens with one attached hydrogen (secondary N) is 1. The average molecular weight is 449 g/mol. The minimum absolute atomic E-state index is 0.0822. The van der Waals surface area contributed by atoms with Gasteiger partial charge in [-0.2, -0.15) is 9.78 Å². The normalized spacial score (nSPS) is 12.0. The number of aromatic nitrogens is 3. The lowest BCUT2D eigenvalue weighted by molar-refractivity contribution is -0.384. The van der Waals surface area contributed by atoms with Gasteiger partial charge in [0.15, 0.2) is 11.5 Å². The number of amides is 1. The van der Waals surface area contributed by atoms with Crippen LogP contribution in [0.5, 0.6) is 11.5 Å². The van der Waals surface area contributed by atoms with Gasteiger partial charge >= 0.3 is 0 Å². The molecule has 0 unspecified atom stereocenters. The van der Waals surface area contributed by atoms with E-state index in [0.29, 0.717) is 33.7 Å². The molecule has 0 atom stereocenters. The van der Waals surface area contributed by atoms with Crippen molar-refractivity contribution in [2.75, 3.05) is 12.1 Å². The highest BCUT2D eigenvalue weighted by molar-refractivity contribution is 7.12. The van der Waals surface area contributed by atoms with E-state index in [4.69, 9.17) is 9.47 Å². The maximum atomic E-state index is 12.7. The fraction of sp³-hybridized carbons (Fsp3) is 0.0952. The molecule has 2 aromatic heterocycles.